The van der Waals surface area contributed by atoms with Crippen molar-refractivity contribution >= 4 is 23.3 Å². The highest BCUT2D eigenvalue weighted by Crippen LogP contribution is 2.26. The minimum Gasteiger partial charge on any atom is -0.312 e. The van der Waals surface area contributed by atoms with Crippen LogP contribution in [0.2, 0.25) is 0 Å². The maximum atomic E-state index is 12.4. The predicted octanol–water partition coefficient (Wildman–Crippen LogP) is 2.94. The molecule has 0 aliphatic carbocycles. The lowest BCUT2D eigenvalue weighted by molar-refractivity contribution is -0.122. The number of aromatic nitrogens is 1. The van der Waals surface area contributed by atoms with Crippen LogP contribution in [0.4, 0.5) is 11.5 Å². The molecule has 5 heteroatoms. The molecule has 1 N–H and O–H groups in total. The molecule has 2 amide bonds. The largest absolute Gasteiger partial charge is 0.312 e. The number of rotatable bonds is 4. The quantitative estimate of drug-likeness (QED) is 0.941. The molecule has 1 aromatic heterocycles. The first-order valence-electron chi connectivity index (χ1n) is 8.19. The number of hydrogen-bond donors (Lipinski definition) is 1. The summed E-state index contributed by atoms with van der Waals surface area (Å²) >= 11 is 0. The number of hydrogen-bond acceptors (Lipinski definition) is 3. The highest BCUT2D eigenvalue weighted by atomic mass is 16.2. The Bertz CT molecular complexity index is 755. The van der Waals surface area contributed by atoms with Crippen LogP contribution in [0.5, 0.6) is 0 Å². The van der Waals surface area contributed by atoms with E-state index in [1.165, 1.54) is 5.56 Å². The second kappa shape index (κ2) is 6.83. The lowest BCUT2D eigenvalue weighted by atomic mass is 10.1. The number of benzene rings is 1. The lowest BCUT2D eigenvalue weighted by Gasteiger charge is -2.17. The second-order valence-electron chi connectivity index (χ2n) is 6.13. The van der Waals surface area contributed by atoms with Crippen LogP contribution in [0.1, 0.15) is 24.5 Å². The summed E-state index contributed by atoms with van der Waals surface area (Å²) in [6, 6.07) is 11.6. The molecule has 1 aliphatic heterocycles. The van der Waals surface area contributed by atoms with E-state index in [9.17, 15) is 9.59 Å². The molecule has 1 atom stereocenters. The third-order valence-electron chi connectivity index (χ3n) is 4.32. The molecule has 0 spiro atoms. The summed E-state index contributed by atoms with van der Waals surface area (Å²) in [4.78, 5) is 30.5. The summed E-state index contributed by atoms with van der Waals surface area (Å²) in [7, 11) is 0. The molecule has 1 fully saturated rings. The topological polar surface area (TPSA) is 62.3 Å². The Hall–Kier alpha value is -2.69. The van der Waals surface area contributed by atoms with Crippen molar-refractivity contribution in [1.29, 1.82) is 0 Å². The molecule has 0 bridgehead atoms. The average Bonchev–Trinajstić information content (AvgIpc) is 2.97. The van der Waals surface area contributed by atoms with Gasteiger partial charge in [-0.1, -0.05) is 19.1 Å². The molecule has 5 nitrogen and oxygen atoms in total. The number of nitrogens with one attached hydrogen (secondary N) is 1. The van der Waals surface area contributed by atoms with Gasteiger partial charge in [0.1, 0.15) is 5.82 Å². The molecule has 124 valence electrons. The number of aryl methyl sites for hydroxylation is 2. The fraction of sp³-hybridized carbons (Fsp3) is 0.316. The third-order valence-corrected chi connectivity index (χ3v) is 4.32. The Balaban J connectivity index is 1.68. The molecule has 2 heterocycles. The summed E-state index contributed by atoms with van der Waals surface area (Å²) < 4.78 is 0. The monoisotopic (exact) mass is 323 g/mol. The van der Waals surface area contributed by atoms with Crippen molar-refractivity contribution in [2.45, 2.75) is 26.7 Å². The van der Waals surface area contributed by atoms with Crippen molar-refractivity contribution in [3.8, 4) is 0 Å². The van der Waals surface area contributed by atoms with E-state index in [1.54, 1.807) is 11.1 Å². The van der Waals surface area contributed by atoms with Gasteiger partial charge >= 0.3 is 0 Å². The van der Waals surface area contributed by atoms with Crippen molar-refractivity contribution in [2.24, 2.45) is 5.92 Å². The number of carbonyl (C=O) groups excluding carboxylic acids is 2. The minimum absolute atomic E-state index is 0.0170. The molecule has 1 unspecified atom stereocenters. The van der Waals surface area contributed by atoms with Crippen LogP contribution in [0.3, 0.4) is 0 Å². The van der Waals surface area contributed by atoms with Gasteiger partial charge in [-0.3, -0.25) is 9.59 Å². The Labute approximate surface area is 141 Å². The first-order chi connectivity index (χ1) is 11.6. The van der Waals surface area contributed by atoms with E-state index in [0.717, 1.165) is 17.7 Å². The lowest BCUT2D eigenvalue weighted by Crippen LogP contribution is -2.28. The van der Waals surface area contributed by atoms with Crippen LogP contribution in [0.25, 0.3) is 0 Å². The highest BCUT2D eigenvalue weighted by Gasteiger charge is 2.35. The predicted molar refractivity (Wildman–Crippen MR) is 93.9 cm³/mol. The summed E-state index contributed by atoms with van der Waals surface area (Å²) in [5.41, 5.74) is 3.10. The van der Waals surface area contributed by atoms with Crippen molar-refractivity contribution in [2.75, 3.05) is 16.8 Å². The van der Waals surface area contributed by atoms with Crippen LogP contribution >= 0.6 is 0 Å². The number of amides is 2. The minimum atomic E-state index is -0.356. The van der Waals surface area contributed by atoms with Gasteiger partial charge in [-0.25, -0.2) is 4.98 Å². The maximum Gasteiger partial charge on any atom is 0.230 e. The number of nitrogens with zero attached hydrogens (tertiary/aromatic N) is 2. The smallest absolute Gasteiger partial charge is 0.230 e. The van der Waals surface area contributed by atoms with E-state index in [-0.39, 0.29) is 24.2 Å². The molecule has 1 aromatic carbocycles. The van der Waals surface area contributed by atoms with E-state index < -0.39 is 0 Å². The molecule has 0 saturated carbocycles. The van der Waals surface area contributed by atoms with Crippen LogP contribution in [-0.4, -0.2) is 23.3 Å². The van der Waals surface area contributed by atoms with Crippen LogP contribution < -0.4 is 10.2 Å². The Morgan fingerprint density at radius 2 is 2.04 bits per heavy atom. The third kappa shape index (κ3) is 3.45. The van der Waals surface area contributed by atoms with Crippen molar-refractivity contribution in [3.63, 3.8) is 0 Å². The van der Waals surface area contributed by atoms with E-state index in [2.05, 4.69) is 17.2 Å². The molecule has 24 heavy (non-hydrogen) atoms. The SMILES string of the molecule is CCc1ccc(N2CC(C(=O)Nc3cc(C)ccn3)CC2=O)cc1. The highest BCUT2D eigenvalue weighted by molar-refractivity contribution is 6.03. The van der Waals surface area contributed by atoms with Gasteiger partial charge in [0.05, 0.1) is 5.92 Å². The molecular formula is C19H21N3O2. The van der Waals surface area contributed by atoms with Crippen LogP contribution in [0.15, 0.2) is 42.6 Å². The molecule has 2 aromatic rings. The maximum absolute atomic E-state index is 12.4. The van der Waals surface area contributed by atoms with Crippen LogP contribution in [-0.2, 0) is 16.0 Å². The first-order valence-corrected chi connectivity index (χ1v) is 8.19. The van der Waals surface area contributed by atoms with Gasteiger partial charge in [-0.05, 0) is 48.7 Å². The normalized spacial score (nSPS) is 17.2. The number of carbonyl (C=O) groups is 2. The number of pyridine rings is 1. The molecule has 3 rings (SSSR count). The molecule has 1 aliphatic rings. The van der Waals surface area contributed by atoms with Crippen molar-refractivity contribution in [3.05, 3.63) is 53.7 Å². The molecule has 0 radical (unpaired) electrons. The first kappa shape index (κ1) is 16.2. The zero-order chi connectivity index (χ0) is 17.1. The van der Waals surface area contributed by atoms with Gasteiger partial charge < -0.3 is 10.2 Å². The fourth-order valence-corrected chi connectivity index (χ4v) is 2.88. The zero-order valence-corrected chi connectivity index (χ0v) is 14.0. The zero-order valence-electron chi connectivity index (χ0n) is 14.0. The summed E-state index contributed by atoms with van der Waals surface area (Å²) in [5, 5.41) is 2.81. The van der Waals surface area contributed by atoms with Crippen molar-refractivity contribution in [1.82, 2.24) is 4.98 Å². The standard InChI is InChI=1S/C19H21N3O2/c1-3-14-4-6-16(7-5-14)22-12-15(11-18(22)23)19(24)21-17-10-13(2)8-9-20-17/h4-10,15H,3,11-12H2,1-2H3,(H,20,21,24). The van der Waals surface area contributed by atoms with Gasteiger partial charge in [0.2, 0.25) is 11.8 Å². The fourth-order valence-electron chi connectivity index (χ4n) is 2.88. The second-order valence-corrected chi connectivity index (χ2v) is 6.13. The molecule has 1 saturated heterocycles. The van der Waals surface area contributed by atoms with E-state index in [1.807, 2.05) is 43.3 Å². The van der Waals surface area contributed by atoms with Gasteiger partial charge in [-0.2, -0.15) is 0 Å². The average molecular weight is 323 g/mol. The van der Waals surface area contributed by atoms with Gasteiger partial charge in [0.25, 0.3) is 0 Å². The van der Waals surface area contributed by atoms with Gasteiger partial charge in [0.15, 0.2) is 0 Å². The molecular weight excluding hydrogens is 302 g/mol. The Morgan fingerprint density at radius 3 is 2.71 bits per heavy atom. The summed E-state index contributed by atoms with van der Waals surface area (Å²) in [6.07, 6.45) is 2.85. The Morgan fingerprint density at radius 1 is 1.29 bits per heavy atom. The summed E-state index contributed by atoms with van der Waals surface area (Å²) in [5.74, 6) is -0.00501. The number of anilines is 2. The van der Waals surface area contributed by atoms with Gasteiger partial charge in [0, 0.05) is 24.8 Å². The summed E-state index contributed by atoms with van der Waals surface area (Å²) in [6.45, 7) is 4.44. The van der Waals surface area contributed by atoms with Gasteiger partial charge in [-0.15, -0.1) is 0 Å². The van der Waals surface area contributed by atoms with E-state index in [4.69, 9.17) is 0 Å². The van der Waals surface area contributed by atoms with E-state index in [0.29, 0.717) is 12.4 Å². The van der Waals surface area contributed by atoms with Crippen molar-refractivity contribution < 1.29 is 9.59 Å². The van der Waals surface area contributed by atoms with Crippen LogP contribution in [0, 0.1) is 12.8 Å². The van der Waals surface area contributed by atoms with E-state index >= 15 is 0 Å². The Kier molecular flexibility index (Phi) is 4.60.